The fourth-order valence-corrected chi connectivity index (χ4v) is 3.52. The Kier molecular flexibility index (Phi) is 2.46. The van der Waals surface area contributed by atoms with Crippen LogP contribution in [-0.4, -0.2) is 14.6 Å². The minimum Gasteiger partial charge on any atom is -0.236 e. The van der Waals surface area contributed by atoms with Crippen LogP contribution in [0.3, 0.4) is 0 Å². The first-order chi connectivity index (χ1) is 9.43. The van der Waals surface area contributed by atoms with Gasteiger partial charge in [-0.1, -0.05) is 6.07 Å². The molecular weight excluding hydrogens is 274 g/mol. The fourth-order valence-electron chi connectivity index (χ4n) is 2.12. The van der Waals surface area contributed by atoms with Gasteiger partial charge >= 0.3 is 0 Å². The molecule has 19 heavy (non-hydrogen) atoms. The van der Waals surface area contributed by atoms with Crippen LogP contribution in [0.25, 0.3) is 27.3 Å². The maximum absolute atomic E-state index is 4.50. The number of hydrogen-bond donors (Lipinski definition) is 0. The van der Waals surface area contributed by atoms with Crippen LogP contribution < -0.4 is 0 Å². The Bertz CT molecular complexity index is 814. The molecule has 0 fully saturated rings. The Balaban J connectivity index is 2.00. The van der Waals surface area contributed by atoms with Gasteiger partial charge in [0.25, 0.3) is 0 Å². The summed E-state index contributed by atoms with van der Waals surface area (Å²) in [6, 6.07) is 8.26. The maximum atomic E-state index is 4.50. The number of thiophene rings is 2. The lowest BCUT2D eigenvalue weighted by atomic mass is 10.2. The molecule has 0 radical (unpaired) electrons. The van der Waals surface area contributed by atoms with Crippen LogP contribution in [0.15, 0.2) is 52.8 Å². The number of hydrogen-bond acceptors (Lipinski definition) is 4. The van der Waals surface area contributed by atoms with Gasteiger partial charge in [-0.25, -0.2) is 9.50 Å². The van der Waals surface area contributed by atoms with Gasteiger partial charge in [-0.3, -0.25) is 0 Å². The second kappa shape index (κ2) is 4.29. The Hall–Kier alpha value is -1.98. The van der Waals surface area contributed by atoms with Crippen LogP contribution in [0.2, 0.25) is 0 Å². The molecule has 0 bridgehead atoms. The summed E-state index contributed by atoms with van der Waals surface area (Å²) in [5.74, 6) is 0. The monoisotopic (exact) mass is 283 g/mol. The van der Waals surface area contributed by atoms with Crippen molar-refractivity contribution in [2.75, 3.05) is 0 Å². The molecule has 3 nitrogen and oxygen atoms in total. The molecule has 0 saturated heterocycles. The molecular formula is C14H9N3S2. The van der Waals surface area contributed by atoms with Gasteiger partial charge < -0.3 is 0 Å². The van der Waals surface area contributed by atoms with Crippen molar-refractivity contribution in [3.05, 3.63) is 52.8 Å². The van der Waals surface area contributed by atoms with Crippen LogP contribution in [-0.2, 0) is 0 Å². The number of aromatic nitrogens is 3. The summed E-state index contributed by atoms with van der Waals surface area (Å²) in [5, 5.41) is 10.8. The molecule has 0 aliphatic heterocycles. The van der Waals surface area contributed by atoms with Crippen molar-refractivity contribution in [1.82, 2.24) is 14.6 Å². The summed E-state index contributed by atoms with van der Waals surface area (Å²) < 4.78 is 1.92. The Morgan fingerprint density at radius 2 is 2.11 bits per heavy atom. The lowest BCUT2D eigenvalue weighted by Crippen LogP contribution is -1.94. The van der Waals surface area contributed by atoms with Gasteiger partial charge in [0.2, 0.25) is 0 Å². The van der Waals surface area contributed by atoms with Gasteiger partial charge in [0.1, 0.15) is 0 Å². The molecule has 0 aliphatic rings. The number of fused-ring (bicyclic) bond motifs is 1. The van der Waals surface area contributed by atoms with Crippen LogP contribution in [0.1, 0.15) is 0 Å². The molecule has 4 aromatic rings. The second-order valence-electron chi connectivity index (χ2n) is 4.11. The largest absolute Gasteiger partial charge is 0.236 e. The summed E-state index contributed by atoms with van der Waals surface area (Å²) in [6.45, 7) is 0. The molecule has 0 saturated carbocycles. The molecule has 4 aromatic heterocycles. The summed E-state index contributed by atoms with van der Waals surface area (Å²) in [7, 11) is 0. The van der Waals surface area contributed by atoms with Crippen molar-refractivity contribution in [2.45, 2.75) is 0 Å². The zero-order valence-corrected chi connectivity index (χ0v) is 11.5. The third-order valence-electron chi connectivity index (χ3n) is 3.01. The van der Waals surface area contributed by atoms with Crippen molar-refractivity contribution in [3.8, 4) is 21.7 Å². The first-order valence-corrected chi connectivity index (χ1v) is 7.65. The Morgan fingerprint density at radius 1 is 1.11 bits per heavy atom. The summed E-state index contributed by atoms with van der Waals surface area (Å²) >= 11 is 3.40. The lowest BCUT2D eigenvalue weighted by molar-refractivity contribution is 0.950. The molecule has 5 heteroatoms. The van der Waals surface area contributed by atoms with Gasteiger partial charge in [0, 0.05) is 11.8 Å². The molecule has 0 atom stereocenters. The molecule has 0 aromatic carbocycles. The van der Waals surface area contributed by atoms with Gasteiger partial charge in [0.05, 0.1) is 16.8 Å². The van der Waals surface area contributed by atoms with Crippen LogP contribution in [0.5, 0.6) is 0 Å². The van der Waals surface area contributed by atoms with Crippen molar-refractivity contribution < 1.29 is 0 Å². The average molecular weight is 283 g/mol. The first kappa shape index (κ1) is 10.9. The van der Waals surface area contributed by atoms with Gasteiger partial charge in [0.15, 0.2) is 5.65 Å². The van der Waals surface area contributed by atoms with E-state index in [-0.39, 0.29) is 0 Å². The molecule has 0 N–H and O–H groups in total. The molecule has 92 valence electrons. The van der Waals surface area contributed by atoms with Gasteiger partial charge in [-0.05, 0) is 39.9 Å². The molecule has 0 unspecified atom stereocenters. The predicted octanol–water partition coefficient (Wildman–Crippen LogP) is 4.19. The fraction of sp³-hybridized carbons (Fsp3) is 0. The van der Waals surface area contributed by atoms with E-state index < -0.39 is 0 Å². The quantitative estimate of drug-likeness (QED) is 0.552. The third-order valence-corrected chi connectivity index (χ3v) is 4.58. The highest BCUT2D eigenvalue weighted by atomic mass is 32.1. The predicted molar refractivity (Wildman–Crippen MR) is 79.6 cm³/mol. The van der Waals surface area contributed by atoms with E-state index in [1.807, 2.05) is 23.0 Å². The van der Waals surface area contributed by atoms with E-state index in [0.717, 1.165) is 16.9 Å². The van der Waals surface area contributed by atoms with E-state index in [1.165, 1.54) is 10.4 Å². The van der Waals surface area contributed by atoms with E-state index in [1.54, 1.807) is 22.7 Å². The number of nitrogens with zero attached hydrogens (tertiary/aromatic N) is 3. The standard InChI is InChI=1S/C14H9N3S2/c1-2-13(19-6-1)12-3-5-15-14-11(8-16-17(12)14)10-4-7-18-9-10/h1-9H. The highest BCUT2D eigenvalue weighted by Gasteiger charge is 2.12. The minimum absolute atomic E-state index is 0.907. The van der Waals surface area contributed by atoms with Crippen molar-refractivity contribution in [2.24, 2.45) is 0 Å². The van der Waals surface area contributed by atoms with Crippen LogP contribution in [0, 0.1) is 0 Å². The summed E-state index contributed by atoms with van der Waals surface area (Å²) in [4.78, 5) is 5.68. The van der Waals surface area contributed by atoms with Crippen molar-refractivity contribution >= 4 is 28.3 Å². The van der Waals surface area contributed by atoms with E-state index in [9.17, 15) is 0 Å². The normalized spacial score (nSPS) is 11.2. The van der Waals surface area contributed by atoms with E-state index >= 15 is 0 Å². The van der Waals surface area contributed by atoms with E-state index in [4.69, 9.17) is 0 Å². The van der Waals surface area contributed by atoms with Crippen LogP contribution in [0.4, 0.5) is 0 Å². The van der Waals surface area contributed by atoms with Crippen molar-refractivity contribution in [1.29, 1.82) is 0 Å². The molecule has 0 amide bonds. The summed E-state index contributed by atoms with van der Waals surface area (Å²) in [5.41, 5.74) is 4.25. The molecule has 4 heterocycles. The molecule has 0 aliphatic carbocycles. The highest BCUT2D eigenvalue weighted by molar-refractivity contribution is 7.13. The van der Waals surface area contributed by atoms with Gasteiger partial charge in [-0.2, -0.15) is 16.4 Å². The average Bonchev–Trinajstić information content (AvgIpc) is 3.18. The van der Waals surface area contributed by atoms with E-state index in [2.05, 4.69) is 44.4 Å². The zero-order chi connectivity index (χ0) is 12.7. The molecule has 4 rings (SSSR count). The Morgan fingerprint density at radius 3 is 2.89 bits per heavy atom. The highest BCUT2D eigenvalue weighted by Crippen LogP contribution is 2.29. The smallest absolute Gasteiger partial charge is 0.163 e. The Labute approximate surface area is 117 Å². The van der Waals surface area contributed by atoms with Gasteiger partial charge in [-0.15, -0.1) is 11.3 Å². The van der Waals surface area contributed by atoms with E-state index in [0.29, 0.717) is 0 Å². The van der Waals surface area contributed by atoms with Crippen molar-refractivity contribution in [3.63, 3.8) is 0 Å². The zero-order valence-electron chi connectivity index (χ0n) is 9.85. The minimum atomic E-state index is 0.907. The second-order valence-corrected chi connectivity index (χ2v) is 5.84. The maximum Gasteiger partial charge on any atom is 0.163 e. The SMILES string of the molecule is c1csc(-c2ccnc3c(-c4ccsc4)cnn23)c1. The lowest BCUT2D eigenvalue weighted by Gasteiger charge is -2.01. The third kappa shape index (κ3) is 1.70. The molecule has 0 spiro atoms. The summed E-state index contributed by atoms with van der Waals surface area (Å²) in [6.07, 6.45) is 3.74. The number of rotatable bonds is 2. The topological polar surface area (TPSA) is 30.2 Å². The first-order valence-electron chi connectivity index (χ1n) is 5.83. The van der Waals surface area contributed by atoms with Crippen LogP contribution >= 0.6 is 22.7 Å².